The van der Waals surface area contributed by atoms with Gasteiger partial charge in [0.2, 0.25) is 10.0 Å². The lowest BCUT2D eigenvalue weighted by atomic mass is 10.1. The Hall–Kier alpha value is -1.69. The molecule has 2 aromatic rings. The molecule has 0 saturated heterocycles. The summed E-state index contributed by atoms with van der Waals surface area (Å²) >= 11 is 0. The fourth-order valence-corrected chi connectivity index (χ4v) is 2.81. The predicted octanol–water partition coefficient (Wildman–Crippen LogP) is 1.62. The van der Waals surface area contributed by atoms with E-state index in [9.17, 15) is 8.42 Å². The SMILES string of the molecule is NCc1ccccc1CNS(=O)(=O)c1ccccc1. The lowest BCUT2D eigenvalue weighted by Gasteiger charge is -2.09. The molecule has 0 spiro atoms. The van der Waals surface area contributed by atoms with E-state index in [2.05, 4.69) is 4.72 Å². The summed E-state index contributed by atoms with van der Waals surface area (Å²) in [6.07, 6.45) is 0. The molecule has 19 heavy (non-hydrogen) atoms. The van der Waals surface area contributed by atoms with E-state index in [4.69, 9.17) is 5.73 Å². The molecule has 3 N–H and O–H groups in total. The van der Waals surface area contributed by atoms with Crippen LogP contribution in [0.3, 0.4) is 0 Å². The third-order valence-electron chi connectivity index (χ3n) is 2.84. The highest BCUT2D eigenvalue weighted by molar-refractivity contribution is 7.89. The van der Waals surface area contributed by atoms with Crippen LogP contribution in [-0.4, -0.2) is 8.42 Å². The maximum atomic E-state index is 12.1. The van der Waals surface area contributed by atoms with Gasteiger partial charge in [-0.3, -0.25) is 0 Å². The highest BCUT2D eigenvalue weighted by Gasteiger charge is 2.13. The molecule has 2 aromatic carbocycles. The van der Waals surface area contributed by atoms with Gasteiger partial charge in [-0.15, -0.1) is 0 Å². The van der Waals surface area contributed by atoms with E-state index in [0.717, 1.165) is 11.1 Å². The van der Waals surface area contributed by atoms with Crippen molar-refractivity contribution in [2.45, 2.75) is 18.0 Å². The fraction of sp³-hybridized carbons (Fsp3) is 0.143. The summed E-state index contributed by atoms with van der Waals surface area (Å²) in [5.41, 5.74) is 7.46. The highest BCUT2D eigenvalue weighted by Crippen LogP contribution is 2.11. The number of nitrogens with one attached hydrogen (secondary N) is 1. The largest absolute Gasteiger partial charge is 0.326 e. The van der Waals surface area contributed by atoms with Crippen molar-refractivity contribution in [1.82, 2.24) is 4.72 Å². The van der Waals surface area contributed by atoms with Gasteiger partial charge in [-0.2, -0.15) is 0 Å². The van der Waals surface area contributed by atoms with E-state index in [1.807, 2.05) is 24.3 Å². The fourth-order valence-electron chi connectivity index (χ4n) is 1.78. The molecule has 0 aliphatic rings. The van der Waals surface area contributed by atoms with E-state index in [-0.39, 0.29) is 11.4 Å². The van der Waals surface area contributed by atoms with Crippen LogP contribution in [0.15, 0.2) is 59.5 Å². The average Bonchev–Trinajstić information content (AvgIpc) is 2.46. The molecule has 0 saturated carbocycles. The summed E-state index contributed by atoms with van der Waals surface area (Å²) in [7, 11) is -3.47. The molecule has 0 radical (unpaired) electrons. The van der Waals surface area contributed by atoms with Gasteiger partial charge in [0, 0.05) is 13.1 Å². The standard InChI is InChI=1S/C14H16N2O2S/c15-10-12-6-4-5-7-13(12)11-16-19(17,18)14-8-2-1-3-9-14/h1-9,16H,10-11,15H2. The first kappa shape index (κ1) is 13.7. The van der Waals surface area contributed by atoms with Gasteiger partial charge in [0.15, 0.2) is 0 Å². The quantitative estimate of drug-likeness (QED) is 0.871. The molecular weight excluding hydrogens is 260 g/mol. The first-order valence-corrected chi connectivity index (χ1v) is 7.43. The molecule has 0 fully saturated rings. The maximum Gasteiger partial charge on any atom is 0.240 e. The molecule has 100 valence electrons. The van der Waals surface area contributed by atoms with Crippen LogP contribution in [-0.2, 0) is 23.1 Å². The third kappa shape index (κ3) is 3.41. The second-order valence-electron chi connectivity index (χ2n) is 4.11. The molecule has 0 amide bonds. The van der Waals surface area contributed by atoms with Crippen LogP contribution in [0.4, 0.5) is 0 Å². The van der Waals surface area contributed by atoms with Gasteiger partial charge >= 0.3 is 0 Å². The average molecular weight is 276 g/mol. The molecule has 0 heterocycles. The summed E-state index contributed by atoms with van der Waals surface area (Å²) in [5, 5.41) is 0. The van der Waals surface area contributed by atoms with Crippen LogP contribution in [0.2, 0.25) is 0 Å². The van der Waals surface area contributed by atoms with E-state index in [1.165, 1.54) is 0 Å². The van der Waals surface area contributed by atoms with E-state index in [1.54, 1.807) is 30.3 Å². The highest BCUT2D eigenvalue weighted by atomic mass is 32.2. The number of hydrogen-bond acceptors (Lipinski definition) is 3. The predicted molar refractivity (Wildman–Crippen MR) is 74.8 cm³/mol. The first-order valence-electron chi connectivity index (χ1n) is 5.95. The van der Waals surface area contributed by atoms with Gasteiger partial charge in [0.1, 0.15) is 0 Å². The molecule has 0 aliphatic heterocycles. The summed E-state index contributed by atoms with van der Waals surface area (Å²) in [4.78, 5) is 0.264. The normalized spacial score (nSPS) is 11.4. The molecule has 2 rings (SSSR count). The van der Waals surface area contributed by atoms with Gasteiger partial charge in [-0.05, 0) is 23.3 Å². The Morgan fingerprint density at radius 2 is 1.47 bits per heavy atom. The Morgan fingerprint density at radius 3 is 2.11 bits per heavy atom. The molecule has 0 bridgehead atoms. The van der Waals surface area contributed by atoms with Gasteiger partial charge in [-0.25, -0.2) is 13.1 Å². The Labute approximate surface area is 113 Å². The zero-order valence-corrected chi connectivity index (χ0v) is 11.2. The Balaban J connectivity index is 2.15. The molecule has 0 aliphatic carbocycles. The molecule has 0 unspecified atom stereocenters. The number of benzene rings is 2. The zero-order valence-electron chi connectivity index (χ0n) is 10.4. The van der Waals surface area contributed by atoms with Crippen LogP contribution in [0.5, 0.6) is 0 Å². The van der Waals surface area contributed by atoms with Crippen LogP contribution in [0, 0.1) is 0 Å². The van der Waals surface area contributed by atoms with Crippen molar-refractivity contribution in [3.63, 3.8) is 0 Å². The number of sulfonamides is 1. The van der Waals surface area contributed by atoms with Gasteiger partial charge in [0.25, 0.3) is 0 Å². The minimum absolute atomic E-state index is 0.241. The Bertz CT molecular complexity index is 640. The van der Waals surface area contributed by atoms with Gasteiger partial charge in [-0.1, -0.05) is 42.5 Å². The van der Waals surface area contributed by atoms with Crippen molar-refractivity contribution in [1.29, 1.82) is 0 Å². The summed E-state index contributed by atoms with van der Waals surface area (Å²) in [6, 6.07) is 15.8. The lowest BCUT2D eigenvalue weighted by Crippen LogP contribution is -2.24. The number of rotatable bonds is 5. The minimum atomic E-state index is -3.47. The van der Waals surface area contributed by atoms with E-state index in [0.29, 0.717) is 6.54 Å². The molecule has 0 aromatic heterocycles. The molecular formula is C14H16N2O2S. The van der Waals surface area contributed by atoms with Gasteiger partial charge < -0.3 is 5.73 Å². The topological polar surface area (TPSA) is 72.2 Å². The number of nitrogens with two attached hydrogens (primary N) is 1. The minimum Gasteiger partial charge on any atom is -0.326 e. The lowest BCUT2D eigenvalue weighted by molar-refractivity contribution is 0.581. The van der Waals surface area contributed by atoms with Crippen molar-refractivity contribution >= 4 is 10.0 Å². The van der Waals surface area contributed by atoms with Crippen molar-refractivity contribution in [2.75, 3.05) is 0 Å². The van der Waals surface area contributed by atoms with Crippen LogP contribution in [0.25, 0.3) is 0 Å². The molecule has 4 nitrogen and oxygen atoms in total. The van der Waals surface area contributed by atoms with Crippen LogP contribution >= 0.6 is 0 Å². The third-order valence-corrected chi connectivity index (χ3v) is 4.26. The second kappa shape index (κ2) is 5.97. The Kier molecular flexibility index (Phi) is 4.31. The smallest absolute Gasteiger partial charge is 0.240 e. The van der Waals surface area contributed by atoms with Crippen molar-refractivity contribution < 1.29 is 8.42 Å². The summed E-state index contributed by atoms with van der Waals surface area (Å²) < 4.78 is 26.7. The molecule has 5 heteroatoms. The van der Waals surface area contributed by atoms with Crippen LogP contribution in [0.1, 0.15) is 11.1 Å². The molecule has 0 atom stereocenters. The van der Waals surface area contributed by atoms with E-state index >= 15 is 0 Å². The first-order chi connectivity index (χ1) is 9.13. The zero-order chi connectivity index (χ0) is 13.7. The number of hydrogen-bond donors (Lipinski definition) is 2. The van der Waals surface area contributed by atoms with Crippen molar-refractivity contribution in [3.8, 4) is 0 Å². The monoisotopic (exact) mass is 276 g/mol. The van der Waals surface area contributed by atoms with Crippen molar-refractivity contribution in [3.05, 3.63) is 65.7 Å². The second-order valence-corrected chi connectivity index (χ2v) is 5.88. The van der Waals surface area contributed by atoms with E-state index < -0.39 is 10.0 Å². The van der Waals surface area contributed by atoms with Gasteiger partial charge in [0.05, 0.1) is 4.90 Å². The maximum absolute atomic E-state index is 12.1. The van der Waals surface area contributed by atoms with Crippen LogP contribution < -0.4 is 10.5 Å². The summed E-state index contributed by atoms with van der Waals surface area (Å²) in [5.74, 6) is 0. The van der Waals surface area contributed by atoms with Crippen molar-refractivity contribution in [2.24, 2.45) is 5.73 Å². The Morgan fingerprint density at radius 1 is 0.895 bits per heavy atom. The summed E-state index contributed by atoms with van der Waals surface area (Å²) in [6.45, 7) is 0.633.